The Labute approximate surface area is 212 Å². The zero-order valence-corrected chi connectivity index (χ0v) is 21.8. The maximum Gasteiger partial charge on any atom is 0.254 e. The van der Waals surface area contributed by atoms with Crippen molar-refractivity contribution in [1.29, 1.82) is 0 Å². The van der Waals surface area contributed by atoms with Crippen LogP contribution in [0.25, 0.3) is 0 Å². The van der Waals surface area contributed by atoms with Crippen LogP contribution in [-0.2, 0) is 4.79 Å². The quantitative estimate of drug-likeness (QED) is 0.494. The molecule has 0 N–H and O–H groups in total. The molecule has 1 heterocycles. The number of fused-ring (bicyclic) bond motifs is 1. The number of hydrogen-bond donors (Lipinski definition) is 0. The van der Waals surface area contributed by atoms with Gasteiger partial charge in [0.2, 0.25) is 5.91 Å². The molecule has 7 heteroatoms. The van der Waals surface area contributed by atoms with Gasteiger partial charge in [0.1, 0.15) is 5.75 Å². The monoisotopic (exact) mass is 488 g/mol. The number of likely N-dealkylation sites (N-methyl/N-ethyl adjacent to an activating group) is 2. The highest BCUT2D eigenvalue weighted by molar-refractivity contribution is 6.05. The topological polar surface area (TPSA) is 68.3 Å². The second-order valence-electron chi connectivity index (χ2n) is 9.07. The predicted molar refractivity (Wildman–Crippen MR) is 139 cm³/mol. The van der Waals surface area contributed by atoms with Gasteiger partial charge in [-0.2, -0.15) is 0 Å². The summed E-state index contributed by atoms with van der Waals surface area (Å²) < 4.78 is 16.3. The van der Waals surface area contributed by atoms with Gasteiger partial charge in [-0.3, -0.25) is 9.59 Å². The third-order valence-corrected chi connectivity index (χ3v) is 7.11. The molecule has 2 atom stereocenters. The number of anilines is 1. The van der Waals surface area contributed by atoms with Gasteiger partial charge in [-0.05, 0) is 72.5 Å². The molecule has 0 unspecified atom stereocenters. The molecule has 1 aliphatic heterocycles. The summed E-state index contributed by atoms with van der Waals surface area (Å²) in [7, 11) is 8.17. The van der Waals surface area contributed by atoms with Crippen LogP contribution in [0.2, 0.25) is 0 Å². The lowest BCUT2D eigenvalue weighted by molar-refractivity contribution is -0.121. The van der Waals surface area contributed by atoms with Gasteiger partial charge < -0.3 is 24.0 Å². The van der Waals surface area contributed by atoms with Crippen molar-refractivity contribution in [2.75, 3.05) is 40.3 Å². The molecule has 0 bridgehead atoms. The lowest BCUT2D eigenvalue weighted by atomic mass is 9.78. The van der Waals surface area contributed by atoms with E-state index in [9.17, 15) is 9.59 Å². The fourth-order valence-electron chi connectivity index (χ4n) is 4.80. The number of amides is 2. The van der Waals surface area contributed by atoms with Crippen LogP contribution in [0.1, 0.15) is 44.6 Å². The van der Waals surface area contributed by atoms with Crippen molar-refractivity contribution in [2.45, 2.75) is 25.8 Å². The maximum atomic E-state index is 14.3. The Kier molecular flexibility index (Phi) is 6.93. The zero-order valence-electron chi connectivity index (χ0n) is 21.8. The first-order valence-corrected chi connectivity index (χ1v) is 11.7. The predicted octanol–water partition coefficient (Wildman–Crippen LogP) is 4.90. The summed E-state index contributed by atoms with van der Waals surface area (Å²) in [5.41, 5.74) is 4.91. The fourth-order valence-corrected chi connectivity index (χ4v) is 4.80. The van der Waals surface area contributed by atoms with Crippen molar-refractivity contribution < 1.29 is 23.8 Å². The van der Waals surface area contributed by atoms with Gasteiger partial charge in [-0.15, -0.1) is 0 Å². The molecule has 188 valence electrons. The van der Waals surface area contributed by atoms with Crippen molar-refractivity contribution in [3.05, 3.63) is 82.4 Å². The summed E-state index contributed by atoms with van der Waals surface area (Å²) in [4.78, 5) is 31.1. The summed E-state index contributed by atoms with van der Waals surface area (Å²) in [5, 5.41) is 0. The molecule has 0 saturated carbocycles. The van der Waals surface area contributed by atoms with Gasteiger partial charge in [-0.25, -0.2) is 0 Å². The summed E-state index contributed by atoms with van der Waals surface area (Å²) in [6, 6.07) is 16.3. The maximum absolute atomic E-state index is 14.3. The van der Waals surface area contributed by atoms with E-state index in [1.54, 1.807) is 50.2 Å². The van der Waals surface area contributed by atoms with Crippen molar-refractivity contribution in [2.24, 2.45) is 0 Å². The number of aryl methyl sites for hydroxylation is 2. The van der Waals surface area contributed by atoms with Crippen molar-refractivity contribution in [3.8, 4) is 17.2 Å². The van der Waals surface area contributed by atoms with Crippen LogP contribution in [0.4, 0.5) is 5.69 Å². The highest BCUT2D eigenvalue weighted by Gasteiger charge is 2.44. The lowest BCUT2D eigenvalue weighted by Crippen LogP contribution is -2.46. The molecular weight excluding hydrogens is 456 g/mol. The molecule has 0 saturated heterocycles. The molecule has 36 heavy (non-hydrogen) atoms. The summed E-state index contributed by atoms with van der Waals surface area (Å²) in [5.74, 6) is 0.604. The number of methoxy groups -OCH3 is 3. The standard InChI is InChI=1S/C29H32N2O5/c1-17-8-11-20(14-18(17)2)30(3)29(33)26-22-15-24(35-6)25(36-7)16-23(22)28(32)31(4)27(26)19-9-12-21(34-5)13-10-19/h8-16,26-27H,1-7H3/t26-,27+/m1/s1. The number of ether oxygens (including phenoxy) is 3. The molecule has 0 fully saturated rings. The molecule has 4 rings (SSSR count). The average Bonchev–Trinajstić information content (AvgIpc) is 2.90. The smallest absolute Gasteiger partial charge is 0.254 e. The zero-order chi connectivity index (χ0) is 26.1. The van der Waals surface area contributed by atoms with Gasteiger partial charge in [0.05, 0.1) is 33.3 Å². The molecule has 0 radical (unpaired) electrons. The normalized spacial score (nSPS) is 16.9. The van der Waals surface area contributed by atoms with Crippen LogP contribution in [0.5, 0.6) is 17.2 Å². The van der Waals surface area contributed by atoms with E-state index in [4.69, 9.17) is 14.2 Å². The molecule has 0 aliphatic carbocycles. The van der Waals surface area contributed by atoms with E-state index in [0.717, 1.165) is 22.4 Å². The number of carbonyl (C=O) groups excluding carboxylic acids is 2. The van der Waals surface area contributed by atoms with Crippen molar-refractivity contribution in [1.82, 2.24) is 4.90 Å². The molecule has 3 aromatic carbocycles. The van der Waals surface area contributed by atoms with Crippen molar-refractivity contribution >= 4 is 17.5 Å². The molecule has 3 aromatic rings. The van der Waals surface area contributed by atoms with E-state index in [2.05, 4.69) is 0 Å². The van der Waals surface area contributed by atoms with E-state index >= 15 is 0 Å². The summed E-state index contributed by atoms with van der Waals surface area (Å²) in [6.07, 6.45) is 0. The van der Waals surface area contributed by atoms with Crippen molar-refractivity contribution in [3.63, 3.8) is 0 Å². The minimum atomic E-state index is -0.678. The minimum Gasteiger partial charge on any atom is -0.497 e. The van der Waals surface area contributed by atoms with Gasteiger partial charge in [0, 0.05) is 25.3 Å². The molecule has 0 aromatic heterocycles. The minimum absolute atomic E-state index is 0.133. The Morgan fingerprint density at radius 2 is 1.50 bits per heavy atom. The first-order valence-electron chi connectivity index (χ1n) is 11.7. The van der Waals surface area contributed by atoms with E-state index in [0.29, 0.717) is 28.4 Å². The van der Waals surface area contributed by atoms with Gasteiger partial charge in [-0.1, -0.05) is 18.2 Å². The van der Waals surface area contributed by atoms with Crippen LogP contribution in [0.15, 0.2) is 54.6 Å². The van der Waals surface area contributed by atoms with Crippen LogP contribution in [0.3, 0.4) is 0 Å². The van der Waals surface area contributed by atoms with E-state index in [1.165, 1.54) is 7.11 Å². The second-order valence-corrected chi connectivity index (χ2v) is 9.07. The third-order valence-electron chi connectivity index (χ3n) is 7.11. The SMILES string of the molecule is COc1ccc([C@H]2[C@H](C(=O)N(C)c3ccc(C)c(C)c3)c3cc(OC)c(OC)cc3C(=O)N2C)cc1. The first-order chi connectivity index (χ1) is 17.2. The Morgan fingerprint density at radius 1 is 0.861 bits per heavy atom. The lowest BCUT2D eigenvalue weighted by Gasteiger charge is -2.41. The Balaban J connectivity index is 1.91. The highest BCUT2D eigenvalue weighted by atomic mass is 16.5. The van der Waals surface area contributed by atoms with Crippen LogP contribution < -0.4 is 19.1 Å². The molecule has 0 spiro atoms. The molecule has 1 aliphatic rings. The van der Waals surface area contributed by atoms with Crippen LogP contribution in [0, 0.1) is 13.8 Å². The highest BCUT2D eigenvalue weighted by Crippen LogP contribution is 2.46. The van der Waals surface area contributed by atoms with E-state index < -0.39 is 12.0 Å². The fraction of sp³-hybridized carbons (Fsp3) is 0.310. The largest absolute Gasteiger partial charge is 0.497 e. The van der Waals surface area contributed by atoms with Gasteiger partial charge >= 0.3 is 0 Å². The molecule has 7 nitrogen and oxygen atoms in total. The molecule has 2 amide bonds. The number of carbonyl (C=O) groups is 2. The Morgan fingerprint density at radius 3 is 2.08 bits per heavy atom. The number of rotatable bonds is 6. The van der Waals surface area contributed by atoms with Crippen LogP contribution in [-0.4, -0.2) is 52.1 Å². The molecular formula is C29H32N2O5. The summed E-state index contributed by atoms with van der Waals surface area (Å²) in [6.45, 7) is 4.06. The van der Waals surface area contributed by atoms with Crippen LogP contribution >= 0.6 is 0 Å². The average molecular weight is 489 g/mol. The van der Waals surface area contributed by atoms with Gasteiger partial charge in [0.25, 0.3) is 5.91 Å². The second kappa shape index (κ2) is 9.93. The Hall–Kier alpha value is -4.00. The summed E-state index contributed by atoms with van der Waals surface area (Å²) >= 11 is 0. The number of benzene rings is 3. The third kappa shape index (κ3) is 4.26. The number of nitrogens with zero attached hydrogens (tertiary/aromatic N) is 2. The van der Waals surface area contributed by atoms with E-state index in [1.807, 2.05) is 56.3 Å². The van der Waals surface area contributed by atoms with E-state index in [-0.39, 0.29) is 11.8 Å². The first kappa shape index (κ1) is 25.1. The van der Waals surface area contributed by atoms with Gasteiger partial charge in [0.15, 0.2) is 11.5 Å². The number of hydrogen-bond acceptors (Lipinski definition) is 5. The Bertz CT molecular complexity index is 1300.